The van der Waals surface area contributed by atoms with Crippen LogP contribution in [0.25, 0.3) is 22.2 Å². The predicted octanol–water partition coefficient (Wildman–Crippen LogP) is 4.43. The molecule has 2 N–H and O–H groups in total. The first-order valence-electron chi connectivity index (χ1n) is 6.40. The number of halogens is 4. The van der Waals surface area contributed by atoms with Gasteiger partial charge in [0.2, 0.25) is 0 Å². The number of hydrogen-bond acceptors (Lipinski definition) is 4. The topological polar surface area (TPSA) is 61.0 Å². The summed E-state index contributed by atoms with van der Waals surface area (Å²) in [5.74, 6) is -0.307. The Morgan fingerprint density at radius 1 is 1.00 bits per heavy atom. The molecule has 0 unspecified atom stereocenters. The first kappa shape index (κ1) is 15.4. The van der Waals surface area contributed by atoms with E-state index in [9.17, 15) is 13.2 Å². The molecule has 1 heterocycles. The minimum Gasteiger partial charge on any atom is -0.406 e. The number of aromatic nitrogens is 2. The van der Waals surface area contributed by atoms with Crippen LogP contribution in [-0.4, -0.2) is 16.3 Å². The molecule has 0 radical (unpaired) electrons. The van der Waals surface area contributed by atoms with Crippen LogP contribution in [0, 0.1) is 0 Å². The molecule has 4 nitrogen and oxygen atoms in total. The largest absolute Gasteiger partial charge is 0.573 e. The quantitative estimate of drug-likeness (QED) is 0.701. The van der Waals surface area contributed by atoms with Crippen LogP contribution in [0.15, 0.2) is 42.7 Å². The Kier molecular flexibility index (Phi) is 3.73. The molecule has 0 bridgehead atoms. The molecule has 3 rings (SSSR count). The molecule has 0 atom stereocenters. The number of rotatable bonds is 2. The fourth-order valence-corrected chi connectivity index (χ4v) is 2.37. The van der Waals surface area contributed by atoms with Crippen LogP contribution < -0.4 is 10.5 Å². The zero-order valence-corrected chi connectivity index (χ0v) is 12.2. The van der Waals surface area contributed by atoms with Gasteiger partial charge >= 0.3 is 6.36 Å². The molecule has 0 amide bonds. The number of benzene rings is 2. The van der Waals surface area contributed by atoms with E-state index >= 15 is 0 Å². The lowest BCUT2D eigenvalue weighted by Gasteiger charge is -2.11. The van der Waals surface area contributed by atoms with Gasteiger partial charge in [0.15, 0.2) is 0 Å². The second kappa shape index (κ2) is 5.58. The maximum absolute atomic E-state index is 12.2. The van der Waals surface area contributed by atoms with Crippen molar-refractivity contribution in [1.29, 1.82) is 0 Å². The van der Waals surface area contributed by atoms with E-state index in [1.165, 1.54) is 36.7 Å². The fraction of sp³-hybridized carbons (Fsp3) is 0.0667. The van der Waals surface area contributed by atoms with Crippen LogP contribution >= 0.6 is 11.6 Å². The van der Waals surface area contributed by atoms with Gasteiger partial charge in [-0.1, -0.05) is 23.7 Å². The fourth-order valence-electron chi connectivity index (χ4n) is 2.18. The number of nitrogens with two attached hydrogens (primary N) is 1. The minimum atomic E-state index is -4.73. The SMILES string of the molecule is Nc1cc(-c2ccc(OC(F)(F)F)cc2)c2nccnc2c1Cl. The molecule has 8 heteroatoms. The average Bonchev–Trinajstić information content (AvgIpc) is 2.50. The van der Waals surface area contributed by atoms with Gasteiger partial charge in [-0.05, 0) is 23.8 Å². The van der Waals surface area contributed by atoms with Crippen molar-refractivity contribution in [2.75, 3.05) is 5.73 Å². The van der Waals surface area contributed by atoms with Crippen molar-refractivity contribution in [3.63, 3.8) is 0 Å². The second-order valence-electron chi connectivity index (χ2n) is 4.65. The summed E-state index contributed by atoms with van der Waals surface area (Å²) in [7, 11) is 0. The van der Waals surface area contributed by atoms with E-state index in [2.05, 4.69) is 14.7 Å². The van der Waals surface area contributed by atoms with E-state index in [4.69, 9.17) is 17.3 Å². The molecule has 0 spiro atoms. The van der Waals surface area contributed by atoms with Crippen LogP contribution in [0.1, 0.15) is 0 Å². The highest BCUT2D eigenvalue weighted by atomic mass is 35.5. The van der Waals surface area contributed by atoms with Crippen molar-refractivity contribution in [3.8, 4) is 16.9 Å². The third-order valence-electron chi connectivity index (χ3n) is 3.11. The van der Waals surface area contributed by atoms with Gasteiger partial charge in [0, 0.05) is 18.0 Å². The molecule has 0 fully saturated rings. The summed E-state index contributed by atoms with van der Waals surface area (Å²) in [6.45, 7) is 0. The molecule has 0 aliphatic rings. The zero-order valence-electron chi connectivity index (χ0n) is 11.4. The molecule has 0 saturated heterocycles. The Bertz CT molecular complexity index is 866. The summed E-state index contributed by atoms with van der Waals surface area (Å²) in [5.41, 5.74) is 8.35. The van der Waals surface area contributed by atoms with E-state index in [1.807, 2.05) is 0 Å². The third-order valence-corrected chi connectivity index (χ3v) is 3.51. The summed E-state index contributed by atoms with van der Waals surface area (Å²) in [5, 5.41) is 0.286. The van der Waals surface area contributed by atoms with E-state index < -0.39 is 6.36 Å². The van der Waals surface area contributed by atoms with Crippen LogP contribution in [0.2, 0.25) is 5.02 Å². The van der Waals surface area contributed by atoms with Crippen LogP contribution in [-0.2, 0) is 0 Å². The molecule has 0 aliphatic heterocycles. The van der Waals surface area contributed by atoms with Gasteiger partial charge in [-0.15, -0.1) is 13.2 Å². The highest BCUT2D eigenvalue weighted by Gasteiger charge is 2.31. The van der Waals surface area contributed by atoms with E-state index in [0.29, 0.717) is 27.8 Å². The number of anilines is 1. The summed E-state index contributed by atoms with van der Waals surface area (Å²) in [6, 6.07) is 7.01. The summed E-state index contributed by atoms with van der Waals surface area (Å²) in [4.78, 5) is 8.37. The number of nitrogen functional groups attached to an aromatic ring is 1. The van der Waals surface area contributed by atoms with Crippen LogP contribution in [0.4, 0.5) is 18.9 Å². The molecule has 0 saturated carbocycles. The van der Waals surface area contributed by atoms with Crippen molar-refractivity contribution in [1.82, 2.24) is 9.97 Å². The van der Waals surface area contributed by atoms with Gasteiger partial charge in [0.25, 0.3) is 0 Å². The van der Waals surface area contributed by atoms with Crippen molar-refractivity contribution >= 4 is 28.3 Å². The van der Waals surface area contributed by atoms with E-state index in [-0.39, 0.29) is 10.8 Å². The first-order valence-corrected chi connectivity index (χ1v) is 6.78. The summed E-state index contributed by atoms with van der Waals surface area (Å²) < 4.78 is 40.4. The summed E-state index contributed by atoms with van der Waals surface area (Å²) >= 11 is 6.11. The Morgan fingerprint density at radius 2 is 1.61 bits per heavy atom. The Labute approximate surface area is 133 Å². The average molecular weight is 340 g/mol. The van der Waals surface area contributed by atoms with Crippen molar-refractivity contribution in [2.24, 2.45) is 0 Å². The van der Waals surface area contributed by atoms with E-state index in [0.717, 1.165) is 0 Å². The van der Waals surface area contributed by atoms with Gasteiger partial charge in [-0.3, -0.25) is 9.97 Å². The van der Waals surface area contributed by atoms with Crippen molar-refractivity contribution < 1.29 is 17.9 Å². The van der Waals surface area contributed by atoms with Gasteiger partial charge in [-0.25, -0.2) is 0 Å². The molecular formula is C15H9ClF3N3O. The van der Waals surface area contributed by atoms with Gasteiger partial charge in [0.05, 0.1) is 16.2 Å². The number of hydrogen-bond donors (Lipinski definition) is 1. The lowest BCUT2D eigenvalue weighted by molar-refractivity contribution is -0.274. The number of fused-ring (bicyclic) bond motifs is 1. The Balaban J connectivity index is 2.09. The molecule has 23 heavy (non-hydrogen) atoms. The molecule has 0 aliphatic carbocycles. The molecule has 118 valence electrons. The maximum atomic E-state index is 12.2. The molecule has 1 aromatic heterocycles. The first-order chi connectivity index (χ1) is 10.8. The van der Waals surface area contributed by atoms with E-state index in [1.54, 1.807) is 6.07 Å². The lowest BCUT2D eigenvalue weighted by atomic mass is 10.0. The number of ether oxygens (including phenoxy) is 1. The summed E-state index contributed by atoms with van der Waals surface area (Å²) in [6.07, 6.45) is -1.75. The highest BCUT2D eigenvalue weighted by Crippen LogP contribution is 2.35. The van der Waals surface area contributed by atoms with Gasteiger partial charge < -0.3 is 10.5 Å². The number of nitrogens with zero attached hydrogens (tertiary/aromatic N) is 2. The highest BCUT2D eigenvalue weighted by molar-refractivity contribution is 6.38. The van der Waals surface area contributed by atoms with Crippen LogP contribution in [0.5, 0.6) is 5.75 Å². The monoisotopic (exact) mass is 339 g/mol. The normalized spacial score (nSPS) is 11.7. The maximum Gasteiger partial charge on any atom is 0.573 e. The third kappa shape index (κ3) is 3.14. The standard InChI is InChI=1S/C15H9ClF3N3O/c16-12-11(20)7-10(13-14(12)22-6-5-21-13)8-1-3-9(4-2-8)23-15(17,18)19/h1-7H,20H2. The van der Waals surface area contributed by atoms with Gasteiger partial charge in [-0.2, -0.15) is 0 Å². The minimum absolute atomic E-state index is 0.286. The molecule has 2 aromatic carbocycles. The lowest BCUT2D eigenvalue weighted by Crippen LogP contribution is -2.16. The zero-order chi connectivity index (χ0) is 16.6. The Hall–Kier alpha value is -2.54. The van der Waals surface area contributed by atoms with Gasteiger partial charge in [0.1, 0.15) is 11.3 Å². The number of alkyl halides is 3. The molecular weight excluding hydrogens is 331 g/mol. The van der Waals surface area contributed by atoms with Crippen molar-refractivity contribution in [3.05, 3.63) is 47.7 Å². The predicted molar refractivity (Wildman–Crippen MR) is 81.1 cm³/mol. The smallest absolute Gasteiger partial charge is 0.406 e. The second-order valence-corrected chi connectivity index (χ2v) is 5.03. The van der Waals surface area contributed by atoms with Crippen LogP contribution in [0.3, 0.4) is 0 Å². The molecule has 3 aromatic rings. The van der Waals surface area contributed by atoms with Crippen molar-refractivity contribution in [2.45, 2.75) is 6.36 Å². The Morgan fingerprint density at radius 3 is 2.22 bits per heavy atom.